The molecule has 2 fully saturated rings. The summed E-state index contributed by atoms with van der Waals surface area (Å²) in [4.78, 5) is 2.43. The second kappa shape index (κ2) is 7.32. The highest BCUT2D eigenvalue weighted by atomic mass is 16.5. The van der Waals surface area contributed by atoms with Gasteiger partial charge in [0.15, 0.2) is 0 Å². The van der Waals surface area contributed by atoms with Crippen molar-refractivity contribution in [3.05, 3.63) is 29.8 Å². The Hall–Kier alpha value is -1.59. The van der Waals surface area contributed by atoms with Gasteiger partial charge >= 0.3 is 0 Å². The Labute approximate surface area is 137 Å². The Morgan fingerprint density at radius 3 is 2.43 bits per heavy atom. The van der Waals surface area contributed by atoms with E-state index in [-0.39, 0.29) is 18.6 Å². The number of oxime groups is 1. The van der Waals surface area contributed by atoms with Gasteiger partial charge in [0.05, 0.1) is 25.5 Å². The van der Waals surface area contributed by atoms with E-state index in [1.54, 1.807) is 7.11 Å². The molecule has 0 radical (unpaired) electrons. The van der Waals surface area contributed by atoms with Crippen molar-refractivity contribution in [3.63, 3.8) is 0 Å². The van der Waals surface area contributed by atoms with E-state index in [9.17, 15) is 10.3 Å². The summed E-state index contributed by atoms with van der Waals surface area (Å²) in [6, 6.07) is 8.40. The van der Waals surface area contributed by atoms with Crippen molar-refractivity contribution in [3.8, 4) is 5.75 Å². The summed E-state index contributed by atoms with van der Waals surface area (Å²) < 4.78 is 5.24. The first-order valence-electron chi connectivity index (χ1n) is 8.51. The summed E-state index contributed by atoms with van der Waals surface area (Å²) >= 11 is 0. The van der Waals surface area contributed by atoms with E-state index in [1.165, 1.54) is 32.1 Å². The Morgan fingerprint density at radius 2 is 1.87 bits per heavy atom. The minimum absolute atomic E-state index is 0.0231. The van der Waals surface area contributed by atoms with E-state index in [4.69, 9.17) is 4.74 Å². The van der Waals surface area contributed by atoms with Crippen molar-refractivity contribution < 1.29 is 15.1 Å². The molecule has 2 N–H and O–H groups in total. The molecule has 5 nitrogen and oxygen atoms in total. The third kappa shape index (κ3) is 3.21. The lowest BCUT2D eigenvalue weighted by molar-refractivity contribution is 0.138. The zero-order chi connectivity index (χ0) is 16.2. The van der Waals surface area contributed by atoms with Crippen LogP contribution in [-0.2, 0) is 0 Å². The molecule has 0 spiro atoms. The molecule has 2 aliphatic rings. The average Bonchev–Trinajstić information content (AvgIpc) is 3.01. The smallest absolute Gasteiger partial charge is 0.118 e. The molecule has 1 saturated heterocycles. The van der Waals surface area contributed by atoms with Gasteiger partial charge in [-0.05, 0) is 30.5 Å². The fraction of sp³-hybridized carbons (Fsp3) is 0.611. The molecule has 23 heavy (non-hydrogen) atoms. The number of aliphatic hydroxyl groups excluding tert-OH is 1. The van der Waals surface area contributed by atoms with Crippen LogP contribution in [0.2, 0.25) is 0 Å². The summed E-state index contributed by atoms with van der Waals surface area (Å²) in [5.74, 6) is 0.728. The lowest BCUT2D eigenvalue weighted by Gasteiger charge is -2.35. The maximum absolute atomic E-state index is 9.69. The van der Waals surface area contributed by atoms with Crippen LogP contribution in [-0.4, -0.2) is 47.2 Å². The summed E-state index contributed by atoms with van der Waals surface area (Å²) in [7, 11) is 1.65. The van der Waals surface area contributed by atoms with Gasteiger partial charge in [0.1, 0.15) is 5.75 Å². The maximum atomic E-state index is 9.69. The maximum Gasteiger partial charge on any atom is 0.118 e. The average molecular weight is 318 g/mol. The van der Waals surface area contributed by atoms with Gasteiger partial charge in [-0.1, -0.05) is 36.6 Å². The van der Waals surface area contributed by atoms with Crippen molar-refractivity contribution in [2.24, 2.45) is 11.1 Å². The van der Waals surface area contributed by atoms with Crippen LogP contribution < -0.4 is 4.74 Å². The van der Waals surface area contributed by atoms with Crippen LogP contribution in [0.15, 0.2) is 29.4 Å². The van der Waals surface area contributed by atoms with E-state index in [1.807, 2.05) is 24.3 Å². The number of rotatable bonds is 4. The van der Waals surface area contributed by atoms with Crippen molar-refractivity contribution in [2.45, 2.75) is 44.2 Å². The number of benzene rings is 1. The third-order valence-corrected chi connectivity index (χ3v) is 5.27. The molecule has 2 atom stereocenters. The molecule has 126 valence electrons. The van der Waals surface area contributed by atoms with E-state index in [0.717, 1.165) is 17.9 Å². The van der Waals surface area contributed by atoms with E-state index >= 15 is 0 Å². The Balaban J connectivity index is 1.92. The van der Waals surface area contributed by atoms with E-state index in [0.29, 0.717) is 11.8 Å². The first-order valence-corrected chi connectivity index (χ1v) is 8.51. The monoisotopic (exact) mass is 318 g/mol. The van der Waals surface area contributed by atoms with Crippen molar-refractivity contribution in [1.29, 1.82) is 0 Å². The molecule has 1 aromatic rings. The normalized spacial score (nSPS) is 28.3. The fourth-order valence-electron chi connectivity index (χ4n) is 4.06. The van der Waals surface area contributed by atoms with Gasteiger partial charge in [0.25, 0.3) is 0 Å². The van der Waals surface area contributed by atoms with Gasteiger partial charge in [-0.15, -0.1) is 0 Å². The zero-order valence-electron chi connectivity index (χ0n) is 13.7. The van der Waals surface area contributed by atoms with Crippen LogP contribution in [0.25, 0.3) is 0 Å². The molecular weight excluding hydrogens is 292 g/mol. The minimum Gasteiger partial charge on any atom is -0.497 e. The zero-order valence-corrected chi connectivity index (χ0v) is 13.7. The van der Waals surface area contributed by atoms with Crippen LogP contribution in [0.5, 0.6) is 5.75 Å². The lowest BCUT2D eigenvalue weighted by atomic mass is 9.92. The molecule has 0 bridgehead atoms. The first kappa shape index (κ1) is 16.3. The Morgan fingerprint density at radius 1 is 1.17 bits per heavy atom. The summed E-state index contributed by atoms with van der Waals surface area (Å²) in [6.07, 6.45) is 6.19. The predicted octanol–water partition coefficient (Wildman–Crippen LogP) is 2.82. The predicted molar refractivity (Wildman–Crippen MR) is 89.1 cm³/mol. The fourth-order valence-corrected chi connectivity index (χ4v) is 4.06. The van der Waals surface area contributed by atoms with Gasteiger partial charge in [-0.2, -0.15) is 0 Å². The van der Waals surface area contributed by atoms with Gasteiger partial charge < -0.3 is 15.1 Å². The lowest BCUT2D eigenvalue weighted by Crippen LogP contribution is -2.37. The number of hydrogen-bond acceptors (Lipinski definition) is 5. The van der Waals surface area contributed by atoms with E-state index in [2.05, 4.69) is 10.1 Å². The first-order chi connectivity index (χ1) is 11.3. The van der Waals surface area contributed by atoms with Crippen molar-refractivity contribution in [2.75, 3.05) is 20.3 Å². The second-order valence-corrected chi connectivity index (χ2v) is 6.57. The van der Waals surface area contributed by atoms with Gasteiger partial charge in [0.2, 0.25) is 0 Å². The number of nitrogens with zero attached hydrogens (tertiary/aromatic N) is 2. The Kier molecular flexibility index (Phi) is 5.18. The summed E-state index contributed by atoms with van der Waals surface area (Å²) in [5, 5.41) is 22.8. The second-order valence-electron chi connectivity index (χ2n) is 6.57. The number of likely N-dealkylation sites (tertiary alicyclic amines) is 1. The van der Waals surface area contributed by atoms with Gasteiger partial charge in [-0.3, -0.25) is 4.90 Å². The highest BCUT2D eigenvalue weighted by Gasteiger charge is 2.42. The number of methoxy groups -OCH3 is 1. The molecule has 0 amide bonds. The van der Waals surface area contributed by atoms with Gasteiger partial charge in [0, 0.05) is 18.5 Å². The van der Waals surface area contributed by atoms with Crippen LogP contribution in [0.1, 0.15) is 43.7 Å². The number of ether oxygens (including phenoxy) is 1. The molecule has 1 aliphatic carbocycles. The molecule has 1 saturated carbocycles. The third-order valence-electron chi connectivity index (χ3n) is 5.27. The quantitative estimate of drug-likeness (QED) is 0.662. The van der Waals surface area contributed by atoms with Crippen molar-refractivity contribution in [1.82, 2.24) is 4.90 Å². The SMILES string of the molecule is COc1ccc([C@H]2/C(=N\O)[C@H](CO)CN2C2CCCCC2)cc1. The molecule has 3 rings (SSSR count). The van der Waals surface area contributed by atoms with Crippen LogP contribution in [0.3, 0.4) is 0 Å². The summed E-state index contributed by atoms with van der Waals surface area (Å²) in [6.45, 7) is 0.784. The molecule has 1 heterocycles. The van der Waals surface area contributed by atoms with Crippen LogP contribution >= 0.6 is 0 Å². The molecular formula is C18H26N2O3. The van der Waals surface area contributed by atoms with Gasteiger partial charge in [-0.25, -0.2) is 0 Å². The topological polar surface area (TPSA) is 65.3 Å². The number of aliphatic hydroxyl groups is 1. The van der Waals surface area contributed by atoms with E-state index < -0.39 is 0 Å². The molecule has 1 aromatic carbocycles. The van der Waals surface area contributed by atoms with Crippen LogP contribution in [0.4, 0.5) is 0 Å². The molecule has 5 heteroatoms. The highest BCUT2D eigenvalue weighted by Crippen LogP contribution is 2.38. The van der Waals surface area contributed by atoms with Crippen molar-refractivity contribution >= 4 is 5.71 Å². The van der Waals surface area contributed by atoms with Crippen LogP contribution in [0, 0.1) is 5.92 Å². The summed E-state index contributed by atoms with van der Waals surface area (Å²) in [5.41, 5.74) is 1.78. The highest BCUT2D eigenvalue weighted by molar-refractivity contribution is 5.94. The molecule has 0 unspecified atom stereocenters. The number of hydrogen-bond donors (Lipinski definition) is 2. The largest absolute Gasteiger partial charge is 0.497 e. The minimum atomic E-state index is -0.0889. The molecule has 1 aliphatic heterocycles. The standard InChI is InChI=1S/C18H26N2O3/c1-23-16-9-7-13(8-10-16)18-17(19-22)14(12-21)11-20(18)15-5-3-2-4-6-15/h7-10,14-15,18,21-22H,2-6,11-12H2,1H3/b19-17-/t14-,18-/m0/s1. The Bertz CT molecular complexity index is 538. The molecule has 0 aromatic heterocycles.